The molecule has 1 aromatic carbocycles. The van der Waals surface area contributed by atoms with Crippen molar-refractivity contribution in [2.75, 3.05) is 20.7 Å². The van der Waals surface area contributed by atoms with Crippen molar-refractivity contribution < 1.29 is 19.7 Å². The lowest BCUT2D eigenvalue weighted by Crippen LogP contribution is -2.67. The molecule has 5 heteroatoms. The topological polar surface area (TPSA) is 70.0 Å². The minimum Gasteiger partial charge on any atom is -0.504 e. The molecule has 0 bridgehead atoms. The van der Waals surface area contributed by atoms with Gasteiger partial charge in [-0.3, -0.25) is 4.79 Å². The summed E-state index contributed by atoms with van der Waals surface area (Å²) < 4.78 is 5.27. The average Bonchev–Trinajstić information content (AvgIpc) is 2.54. The van der Waals surface area contributed by atoms with Crippen LogP contribution in [0.2, 0.25) is 0 Å². The van der Waals surface area contributed by atoms with E-state index in [9.17, 15) is 15.0 Å². The van der Waals surface area contributed by atoms with Crippen LogP contribution in [0.25, 0.3) is 0 Å². The number of likely N-dealkylation sites (N-methyl/N-ethyl adjacent to an activating group) is 1. The number of ketones is 1. The second-order valence-corrected chi connectivity index (χ2v) is 7.10. The van der Waals surface area contributed by atoms with E-state index in [1.165, 1.54) is 13.2 Å². The summed E-state index contributed by atoms with van der Waals surface area (Å²) in [7, 11) is 3.47. The molecular weight excluding hydrogens is 306 g/mol. The number of methoxy groups -OCH3 is 1. The first-order valence-electron chi connectivity index (χ1n) is 8.28. The van der Waals surface area contributed by atoms with E-state index in [-0.39, 0.29) is 24.0 Å². The van der Waals surface area contributed by atoms with Gasteiger partial charge >= 0.3 is 0 Å². The molecule has 1 aromatic rings. The minimum atomic E-state index is -1.23. The molecule has 2 N–H and O–H groups in total. The molecule has 0 saturated carbocycles. The molecule has 24 heavy (non-hydrogen) atoms. The molecule has 0 spiro atoms. The highest BCUT2D eigenvalue weighted by atomic mass is 16.5. The fourth-order valence-corrected chi connectivity index (χ4v) is 4.46. The summed E-state index contributed by atoms with van der Waals surface area (Å²) in [4.78, 5) is 14.4. The normalized spacial score (nSPS) is 33.4. The monoisotopic (exact) mass is 331 g/mol. The summed E-state index contributed by atoms with van der Waals surface area (Å²) >= 11 is 0. The molecule has 130 valence electrons. The van der Waals surface area contributed by atoms with Gasteiger partial charge in [-0.05, 0) is 57.6 Å². The van der Waals surface area contributed by atoms with Gasteiger partial charge in [0.25, 0.3) is 0 Å². The lowest BCUT2D eigenvalue weighted by molar-refractivity contribution is -0.130. The zero-order valence-electron chi connectivity index (χ0n) is 14.7. The van der Waals surface area contributed by atoms with Crippen LogP contribution in [0.4, 0.5) is 0 Å². The zero-order chi connectivity index (χ0) is 17.7. The highest BCUT2D eigenvalue weighted by Gasteiger charge is 2.60. The summed E-state index contributed by atoms with van der Waals surface area (Å²) in [6.45, 7) is 4.59. The molecule has 2 aliphatic rings. The van der Waals surface area contributed by atoms with E-state index in [1.54, 1.807) is 12.1 Å². The number of likely N-dealkylation sites (tertiary alicyclic amines) is 1. The Labute approximate surface area is 142 Å². The van der Waals surface area contributed by atoms with Gasteiger partial charge in [-0.2, -0.15) is 0 Å². The summed E-state index contributed by atoms with van der Waals surface area (Å²) in [6, 6.07) is 3.40. The lowest BCUT2D eigenvalue weighted by Gasteiger charge is -2.57. The van der Waals surface area contributed by atoms with Gasteiger partial charge < -0.3 is 19.8 Å². The summed E-state index contributed by atoms with van der Waals surface area (Å²) in [5.74, 6) is 0.356. The molecule has 3 rings (SSSR count). The Morgan fingerprint density at radius 2 is 2.08 bits per heavy atom. The predicted molar refractivity (Wildman–Crippen MR) is 91.5 cm³/mol. The maximum Gasteiger partial charge on any atom is 0.161 e. The van der Waals surface area contributed by atoms with E-state index in [4.69, 9.17) is 4.74 Å². The number of nitrogens with zero attached hydrogens (tertiary/aromatic N) is 1. The third-order valence-corrected chi connectivity index (χ3v) is 6.00. The van der Waals surface area contributed by atoms with Crippen molar-refractivity contribution in [2.45, 2.75) is 43.7 Å². The molecule has 3 atom stereocenters. The Morgan fingerprint density at radius 1 is 1.38 bits per heavy atom. The first kappa shape index (κ1) is 17.0. The van der Waals surface area contributed by atoms with Gasteiger partial charge in [-0.25, -0.2) is 0 Å². The van der Waals surface area contributed by atoms with Gasteiger partial charge in [0.2, 0.25) is 0 Å². The standard InChI is InChI=1S/C19H25NO4/c1-12-5-6-15(24-4)17(22)16(12)18-9-10-20(3)13(2)19(18,23)8-7-14(21)11-18/h5-8,13,22-23H,9-11H2,1-4H3/t13-,18-,19-/m1/s1. The molecule has 1 aliphatic heterocycles. The van der Waals surface area contributed by atoms with Crippen LogP contribution >= 0.6 is 0 Å². The van der Waals surface area contributed by atoms with Crippen LogP contribution < -0.4 is 4.74 Å². The molecule has 0 unspecified atom stereocenters. The number of hydrogen-bond acceptors (Lipinski definition) is 5. The molecule has 1 saturated heterocycles. The number of piperidine rings is 1. The summed E-state index contributed by atoms with van der Waals surface area (Å²) in [5.41, 5.74) is -0.607. The maximum absolute atomic E-state index is 12.3. The van der Waals surface area contributed by atoms with Crippen LogP contribution in [-0.4, -0.2) is 53.2 Å². The third kappa shape index (κ3) is 2.11. The van der Waals surface area contributed by atoms with Crippen LogP contribution in [0, 0.1) is 6.92 Å². The second-order valence-electron chi connectivity index (χ2n) is 7.10. The van der Waals surface area contributed by atoms with Crippen molar-refractivity contribution in [2.24, 2.45) is 0 Å². The lowest BCUT2D eigenvalue weighted by atomic mass is 9.55. The van der Waals surface area contributed by atoms with Crippen LogP contribution in [0.5, 0.6) is 11.5 Å². The SMILES string of the molecule is COc1ccc(C)c([C@]23CCN(C)[C@H](C)[C@]2(O)C=CC(=O)C3)c1O. The Bertz CT molecular complexity index is 714. The average molecular weight is 331 g/mol. The minimum absolute atomic E-state index is 0.0239. The van der Waals surface area contributed by atoms with Gasteiger partial charge in [0, 0.05) is 23.4 Å². The molecular formula is C19H25NO4. The van der Waals surface area contributed by atoms with Crippen LogP contribution in [-0.2, 0) is 10.2 Å². The van der Waals surface area contributed by atoms with Crippen LogP contribution in [0.15, 0.2) is 24.3 Å². The van der Waals surface area contributed by atoms with Gasteiger partial charge in [0.1, 0.15) is 5.60 Å². The number of allylic oxidation sites excluding steroid dienone is 1. The van der Waals surface area contributed by atoms with E-state index >= 15 is 0 Å². The number of benzene rings is 1. The number of carbonyl (C=O) groups is 1. The van der Waals surface area contributed by atoms with Crippen molar-refractivity contribution in [1.29, 1.82) is 0 Å². The van der Waals surface area contributed by atoms with Crippen molar-refractivity contribution in [3.8, 4) is 11.5 Å². The smallest absolute Gasteiger partial charge is 0.161 e. The molecule has 1 aliphatic carbocycles. The molecule has 0 aromatic heterocycles. The van der Waals surface area contributed by atoms with E-state index in [2.05, 4.69) is 4.90 Å². The number of aromatic hydroxyl groups is 1. The number of fused-ring (bicyclic) bond motifs is 1. The second kappa shape index (κ2) is 5.60. The number of phenols is 1. The van der Waals surface area contributed by atoms with E-state index in [0.717, 1.165) is 12.1 Å². The van der Waals surface area contributed by atoms with Crippen molar-refractivity contribution in [3.05, 3.63) is 35.4 Å². The quantitative estimate of drug-likeness (QED) is 0.867. The molecule has 5 nitrogen and oxygen atoms in total. The zero-order valence-corrected chi connectivity index (χ0v) is 14.7. The van der Waals surface area contributed by atoms with E-state index in [1.807, 2.05) is 27.0 Å². The Morgan fingerprint density at radius 3 is 2.75 bits per heavy atom. The number of phenolic OH excluding ortho intramolecular Hbond substituents is 1. The van der Waals surface area contributed by atoms with E-state index in [0.29, 0.717) is 17.7 Å². The highest BCUT2D eigenvalue weighted by Crippen LogP contribution is 2.55. The van der Waals surface area contributed by atoms with Gasteiger partial charge in [0.15, 0.2) is 17.3 Å². The van der Waals surface area contributed by atoms with Crippen molar-refractivity contribution >= 4 is 5.78 Å². The number of aliphatic hydroxyl groups is 1. The summed E-state index contributed by atoms with van der Waals surface area (Å²) in [6.07, 6.45) is 3.86. The molecule has 1 fully saturated rings. The van der Waals surface area contributed by atoms with Crippen molar-refractivity contribution in [1.82, 2.24) is 4.90 Å². The number of rotatable bonds is 2. The number of aryl methyl sites for hydroxylation is 1. The van der Waals surface area contributed by atoms with Crippen LogP contribution in [0.3, 0.4) is 0 Å². The number of ether oxygens (including phenoxy) is 1. The Balaban J connectivity index is 2.31. The van der Waals surface area contributed by atoms with Crippen LogP contribution in [0.1, 0.15) is 30.9 Å². The highest BCUT2D eigenvalue weighted by molar-refractivity contribution is 5.93. The predicted octanol–water partition coefficient (Wildman–Crippen LogP) is 1.93. The largest absolute Gasteiger partial charge is 0.504 e. The third-order valence-electron chi connectivity index (χ3n) is 6.00. The number of hydrogen-bond donors (Lipinski definition) is 2. The Kier molecular flexibility index (Phi) is 3.97. The first-order valence-corrected chi connectivity index (χ1v) is 8.28. The van der Waals surface area contributed by atoms with E-state index < -0.39 is 11.0 Å². The fourth-order valence-electron chi connectivity index (χ4n) is 4.46. The molecule has 0 amide bonds. The Hall–Kier alpha value is -1.85. The number of carbonyl (C=O) groups excluding carboxylic acids is 1. The molecule has 1 heterocycles. The maximum atomic E-state index is 12.3. The fraction of sp³-hybridized carbons (Fsp3) is 0.526. The summed E-state index contributed by atoms with van der Waals surface area (Å²) in [5, 5.41) is 22.5. The van der Waals surface area contributed by atoms with Gasteiger partial charge in [-0.1, -0.05) is 6.07 Å². The van der Waals surface area contributed by atoms with Gasteiger partial charge in [0.05, 0.1) is 7.11 Å². The molecule has 0 radical (unpaired) electrons. The van der Waals surface area contributed by atoms with Gasteiger partial charge in [-0.15, -0.1) is 0 Å². The first-order chi connectivity index (χ1) is 11.3. The van der Waals surface area contributed by atoms with Crippen molar-refractivity contribution in [3.63, 3.8) is 0 Å².